The van der Waals surface area contributed by atoms with E-state index in [0.29, 0.717) is 46.4 Å². The normalized spacial score (nSPS) is 21.8. The van der Waals surface area contributed by atoms with E-state index < -0.39 is 11.0 Å². The number of hydrogen-bond acceptors (Lipinski definition) is 10. The second-order valence-electron chi connectivity index (χ2n) is 14.0. The number of halogens is 1. The number of nitrogens with zero attached hydrogens (tertiary/aromatic N) is 4. The molecule has 2 amide bonds. The summed E-state index contributed by atoms with van der Waals surface area (Å²) in [4.78, 5) is 32.4. The van der Waals surface area contributed by atoms with Crippen LogP contribution in [0, 0.1) is 16.7 Å². The average Bonchev–Trinajstić information content (AvgIpc) is 3.54. The number of imide groups is 1. The highest BCUT2D eigenvalue weighted by atomic mass is 35.5. The molecular formula is C40H44ClN5O6. The number of carbonyl (C=O) groups is 2. The number of aliphatic hydroxyl groups is 1. The van der Waals surface area contributed by atoms with Crippen molar-refractivity contribution < 1.29 is 28.9 Å². The van der Waals surface area contributed by atoms with Crippen molar-refractivity contribution in [3.05, 3.63) is 106 Å². The lowest BCUT2D eigenvalue weighted by atomic mass is 9.65. The number of pyridine rings is 1. The maximum Gasteiger partial charge on any atom is 0.240 e. The molecule has 272 valence electrons. The molecule has 3 heterocycles. The largest absolute Gasteiger partial charge is 0.488 e. The van der Waals surface area contributed by atoms with Gasteiger partial charge in [-0.1, -0.05) is 67.9 Å². The first-order valence-corrected chi connectivity index (χ1v) is 17.9. The van der Waals surface area contributed by atoms with E-state index in [0.717, 1.165) is 37.1 Å². The van der Waals surface area contributed by atoms with Gasteiger partial charge in [0.1, 0.15) is 36.4 Å². The van der Waals surface area contributed by atoms with Crippen LogP contribution in [0.25, 0.3) is 5.57 Å². The smallest absolute Gasteiger partial charge is 0.240 e. The fraction of sp³-hybridized carbons (Fsp3) is 0.400. The van der Waals surface area contributed by atoms with E-state index in [1.54, 1.807) is 29.3 Å². The van der Waals surface area contributed by atoms with E-state index >= 15 is 0 Å². The zero-order valence-corrected chi connectivity index (χ0v) is 30.3. The minimum atomic E-state index is -0.884. The predicted molar refractivity (Wildman–Crippen MR) is 196 cm³/mol. The molecule has 1 aliphatic carbocycles. The Morgan fingerprint density at radius 2 is 1.85 bits per heavy atom. The molecule has 2 atom stereocenters. The van der Waals surface area contributed by atoms with Crippen LogP contribution in [0.3, 0.4) is 0 Å². The van der Waals surface area contributed by atoms with E-state index in [1.165, 1.54) is 6.20 Å². The Balaban J connectivity index is 1.27. The predicted octanol–water partition coefficient (Wildman–Crippen LogP) is 4.91. The standard InChI is InChI=1S/C40H44ClN5O6/c1-39(2)33(30-8-4-3-5-9-30)10-6-12-40(39,52-15-7-13-45-14-11-32(47)23-45)27-51-36-18-35(50-26-29-16-28(19-42)20-43-21-29)31(17-34(36)41)22-46-24-37(48)44-38(49)25-46/h3-6,8-10,12,16-18,20-21,32,47H,7,11,13-15,22-27H2,1-2H3,(H,44,48,49)/t32?,40-/m0/s1. The van der Waals surface area contributed by atoms with Crippen LogP contribution in [0.2, 0.25) is 5.02 Å². The molecule has 2 N–H and O–H groups in total. The highest BCUT2D eigenvalue weighted by Gasteiger charge is 2.49. The summed E-state index contributed by atoms with van der Waals surface area (Å²) >= 11 is 6.92. The van der Waals surface area contributed by atoms with Crippen LogP contribution in [0.15, 0.2) is 79.2 Å². The molecule has 2 aromatic carbocycles. The molecule has 12 heteroatoms. The molecule has 0 spiro atoms. The van der Waals surface area contributed by atoms with Gasteiger partial charge >= 0.3 is 0 Å². The van der Waals surface area contributed by atoms with Crippen molar-refractivity contribution in [2.75, 3.05) is 45.9 Å². The first kappa shape index (κ1) is 37.2. The van der Waals surface area contributed by atoms with Crippen LogP contribution in [-0.4, -0.2) is 89.3 Å². The number of benzene rings is 2. The van der Waals surface area contributed by atoms with Gasteiger partial charge in [-0.3, -0.25) is 24.8 Å². The molecule has 2 saturated heterocycles. The Bertz CT molecular complexity index is 1860. The van der Waals surface area contributed by atoms with Gasteiger partial charge in [-0.25, -0.2) is 0 Å². The number of amides is 2. The Labute approximate surface area is 309 Å². The molecule has 3 aliphatic rings. The van der Waals surface area contributed by atoms with Gasteiger partial charge in [-0.2, -0.15) is 5.26 Å². The van der Waals surface area contributed by atoms with Crippen molar-refractivity contribution >= 4 is 29.0 Å². The minimum absolute atomic E-state index is 0.0477. The number of ether oxygens (including phenoxy) is 3. The van der Waals surface area contributed by atoms with Gasteiger partial charge in [-0.05, 0) is 42.2 Å². The third-order valence-corrected chi connectivity index (χ3v) is 10.2. The summed E-state index contributed by atoms with van der Waals surface area (Å²) in [5.41, 5.74) is 2.56. The molecular weight excluding hydrogens is 682 g/mol. The number of carbonyl (C=O) groups excluding carboxylic acids is 2. The summed E-state index contributed by atoms with van der Waals surface area (Å²) in [6.45, 7) is 7.75. The maximum atomic E-state index is 12.1. The van der Waals surface area contributed by atoms with E-state index in [4.69, 9.17) is 25.8 Å². The number of aliphatic hydroxyl groups excluding tert-OH is 1. The summed E-state index contributed by atoms with van der Waals surface area (Å²) in [6, 6.07) is 17.5. The van der Waals surface area contributed by atoms with Crippen LogP contribution in [0.5, 0.6) is 11.5 Å². The van der Waals surface area contributed by atoms with Gasteiger partial charge in [-0.15, -0.1) is 0 Å². The van der Waals surface area contributed by atoms with Crippen molar-refractivity contribution in [2.45, 2.75) is 51.5 Å². The number of likely N-dealkylation sites (tertiary alicyclic amines) is 1. The van der Waals surface area contributed by atoms with Gasteiger partial charge in [0.15, 0.2) is 0 Å². The van der Waals surface area contributed by atoms with Gasteiger partial charge in [0.25, 0.3) is 0 Å². The summed E-state index contributed by atoms with van der Waals surface area (Å²) in [6.07, 6.45) is 10.6. The molecule has 2 aliphatic heterocycles. The van der Waals surface area contributed by atoms with E-state index in [1.807, 2.05) is 24.3 Å². The van der Waals surface area contributed by atoms with Crippen LogP contribution in [0.1, 0.15) is 48.9 Å². The molecule has 1 aromatic heterocycles. The number of β-amino-alcohol motifs (C(OH)–C–C–N with tert-alkyl or cyclic N) is 1. The van der Waals surface area contributed by atoms with Crippen molar-refractivity contribution in [3.8, 4) is 17.6 Å². The summed E-state index contributed by atoms with van der Waals surface area (Å²) < 4.78 is 19.8. The third-order valence-electron chi connectivity index (χ3n) is 9.95. The number of piperazine rings is 1. The topological polar surface area (TPSA) is 137 Å². The molecule has 52 heavy (non-hydrogen) atoms. The fourth-order valence-corrected chi connectivity index (χ4v) is 7.28. The Morgan fingerprint density at radius 3 is 2.58 bits per heavy atom. The SMILES string of the molecule is CC1(C)C(c2ccccc2)=CC=C[C@@]1(COc1cc(OCc2cncc(C#N)c2)c(CN2CC(=O)NC(=O)C2)cc1Cl)OCCCN1CCC(O)C1. The van der Waals surface area contributed by atoms with Gasteiger partial charge in [0.05, 0.1) is 29.8 Å². The molecule has 0 saturated carbocycles. The average molecular weight is 726 g/mol. The van der Waals surface area contributed by atoms with Gasteiger partial charge in [0, 0.05) is 67.8 Å². The molecule has 0 radical (unpaired) electrons. The highest BCUT2D eigenvalue weighted by Crippen LogP contribution is 2.49. The number of rotatable bonds is 14. The molecule has 1 unspecified atom stereocenters. The van der Waals surface area contributed by atoms with Crippen LogP contribution in [0.4, 0.5) is 0 Å². The molecule has 0 bridgehead atoms. The lowest BCUT2D eigenvalue weighted by Crippen LogP contribution is -2.52. The summed E-state index contributed by atoms with van der Waals surface area (Å²) in [7, 11) is 0. The van der Waals surface area contributed by atoms with Gasteiger partial charge < -0.3 is 24.2 Å². The van der Waals surface area contributed by atoms with Crippen LogP contribution >= 0.6 is 11.6 Å². The minimum Gasteiger partial charge on any atom is -0.488 e. The van der Waals surface area contributed by atoms with E-state index in [2.05, 4.69) is 59.4 Å². The van der Waals surface area contributed by atoms with E-state index in [-0.39, 0.29) is 50.8 Å². The fourth-order valence-electron chi connectivity index (χ4n) is 7.04. The molecule has 2 fully saturated rings. The van der Waals surface area contributed by atoms with Crippen molar-refractivity contribution in [1.29, 1.82) is 5.26 Å². The number of allylic oxidation sites excluding steroid dienone is 2. The Morgan fingerprint density at radius 1 is 1.06 bits per heavy atom. The number of nitrogens with one attached hydrogen (secondary N) is 1. The summed E-state index contributed by atoms with van der Waals surface area (Å²) in [5, 5.41) is 22.0. The van der Waals surface area contributed by atoms with Crippen molar-refractivity contribution in [3.63, 3.8) is 0 Å². The van der Waals surface area contributed by atoms with Crippen molar-refractivity contribution in [2.24, 2.45) is 5.41 Å². The molecule has 3 aromatic rings. The Hall–Kier alpha value is -4.57. The lowest BCUT2D eigenvalue weighted by molar-refractivity contribution is -0.136. The maximum absolute atomic E-state index is 12.1. The zero-order valence-electron chi connectivity index (χ0n) is 29.5. The second-order valence-corrected chi connectivity index (χ2v) is 14.5. The number of hydrogen-bond donors (Lipinski definition) is 2. The van der Waals surface area contributed by atoms with Gasteiger partial charge in [0.2, 0.25) is 11.8 Å². The van der Waals surface area contributed by atoms with E-state index in [9.17, 15) is 20.0 Å². The number of aromatic nitrogens is 1. The third kappa shape index (κ3) is 8.72. The first-order chi connectivity index (χ1) is 25.0. The lowest BCUT2D eigenvalue weighted by Gasteiger charge is -2.47. The first-order valence-electron chi connectivity index (χ1n) is 17.5. The van der Waals surface area contributed by atoms with Crippen LogP contribution < -0.4 is 14.8 Å². The second kappa shape index (κ2) is 16.4. The number of nitriles is 1. The van der Waals surface area contributed by atoms with Crippen LogP contribution in [-0.2, 0) is 27.5 Å². The summed E-state index contributed by atoms with van der Waals surface area (Å²) in [5.74, 6) is 0.0798. The zero-order chi connectivity index (χ0) is 36.7. The van der Waals surface area contributed by atoms with Crippen molar-refractivity contribution in [1.82, 2.24) is 20.1 Å². The molecule has 6 rings (SSSR count). The Kier molecular flexibility index (Phi) is 11.7. The highest BCUT2D eigenvalue weighted by molar-refractivity contribution is 6.32. The quantitative estimate of drug-likeness (QED) is 0.174. The monoisotopic (exact) mass is 725 g/mol. The molecule has 11 nitrogen and oxygen atoms in total.